The number of nitrogens with one attached hydrogen (secondary N) is 2. The molecule has 7 heteroatoms. The number of benzene rings is 2. The molecule has 24 heavy (non-hydrogen) atoms. The molecule has 0 radical (unpaired) electrons. The van der Waals surface area contributed by atoms with Crippen molar-refractivity contribution in [2.24, 2.45) is 5.10 Å². The van der Waals surface area contributed by atoms with Crippen LogP contribution in [0.3, 0.4) is 0 Å². The molecule has 0 aliphatic carbocycles. The molecule has 0 unspecified atom stereocenters. The number of phenols is 1. The minimum Gasteiger partial charge on any atom is -0.508 e. The highest BCUT2D eigenvalue weighted by Gasteiger charge is 2.08. The summed E-state index contributed by atoms with van der Waals surface area (Å²) in [6.45, 7) is 0. The summed E-state index contributed by atoms with van der Waals surface area (Å²) >= 11 is 5.94. The summed E-state index contributed by atoms with van der Waals surface area (Å²) in [5, 5.41) is 16.1. The van der Waals surface area contributed by atoms with Crippen LogP contribution in [-0.4, -0.2) is 23.1 Å². The molecular weight excluding hydrogens is 330 g/mol. The topological polar surface area (TPSA) is 90.8 Å². The van der Waals surface area contributed by atoms with Crippen molar-refractivity contribution in [3.63, 3.8) is 0 Å². The van der Waals surface area contributed by atoms with Gasteiger partial charge in [-0.05, 0) is 29.8 Å². The summed E-state index contributed by atoms with van der Waals surface area (Å²) in [4.78, 5) is 23.4. The fourth-order valence-corrected chi connectivity index (χ4v) is 2.03. The van der Waals surface area contributed by atoms with Crippen molar-refractivity contribution in [2.75, 3.05) is 5.32 Å². The second-order valence-corrected chi connectivity index (χ2v) is 5.32. The van der Waals surface area contributed by atoms with Crippen LogP contribution in [0.5, 0.6) is 5.75 Å². The number of halogens is 1. The van der Waals surface area contributed by atoms with Gasteiger partial charge in [0.1, 0.15) is 5.75 Å². The molecule has 2 aromatic carbocycles. The molecule has 2 aromatic rings. The number of anilines is 1. The van der Waals surface area contributed by atoms with Gasteiger partial charge in [-0.15, -0.1) is 0 Å². The van der Waals surface area contributed by atoms with E-state index in [4.69, 9.17) is 11.6 Å². The highest BCUT2D eigenvalue weighted by atomic mass is 35.5. The maximum atomic E-state index is 11.8. The van der Waals surface area contributed by atoms with Crippen molar-refractivity contribution >= 4 is 35.3 Å². The fourth-order valence-electron chi connectivity index (χ4n) is 1.84. The molecule has 124 valence electrons. The molecule has 3 N–H and O–H groups in total. The smallest absolute Gasteiger partial charge is 0.240 e. The van der Waals surface area contributed by atoms with Crippen LogP contribution in [0.2, 0.25) is 5.02 Å². The molecule has 2 amide bonds. The first-order chi connectivity index (χ1) is 11.5. The summed E-state index contributed by atoms with van der Waals surface area (Å²) in [5.74, 6) is -0.586. The van der Waals surface area contributed by atoms with Gasteiger partial charge in [-0.25, -0.2) is 5.43 Å². The molecule has 0 atom stereocenters. The van der Waals surface area contributed by atoms with Gasteiger partial charge in [0.2, 0.25) is 11.8 Å². The highest BCUT2D eigenvalue weighted by molar-refractivity contribution is 6.33. The van der Waals surface area contributed by atoms with Gasteiger partial charge in [0.05, 0.1) is 16.9 Å². The Labute approximate surface area is 144 Å². The number of phenolic OH excluding ortho intramolecular Hbond substituents is 1. The number of amides is 2. The number of rotatable bonds is 6. The van der Waals surface area contributed by atoms with Gasteiger partial charge >= 0.3 is 0 Å². The largest absolute Gasteiger partial charge is 0.508 e. The standard InChI is InChI=1S/C17H16ClN3O3/c18-14-6-1-2-7-15(14)20-16(23)8-9-17(24)21-19-11-12-4-3-5-13(22)10-12/h1-7,10-11,22H,8-9H2,(H,20,23)(H,21,24)/b19-11+. The van der Waals surface area contributed by atoms with E-state index in [-0.39, 0.29) is 30.4 Å². The van der Waals surface area contributed by atoms with Crippen LogP contribution >= 0.6 is 11.6 Å². The van der Waals surface area contributed by atoms with Crippen molar-refractivity contribution in [3.05, 3.63) is 59.1 Å². The molecule has 0 aliphatic rings. The number of carbonyl (C=O) groups excluding carboxylic acids is 2. The molecule has 0 bridgehead atoms. The van der Waals surface area contributed by atoms with Crippen molar-refractivity contribution in [3.8, 4) is 5.75 Å². The van der Waals surface area contributed by atoms with E-state index < -0.39 is 0 Å². The number of hydrazone groups is 1. The molecule has 2 rings (SSSR count). The average Bonchev–Trinajstić information content (AvgIpc) is 2.55. The molecule has 0 spiro atoms. The lowest BCUT2D eigenvalue weighted by molar-refractivity contribution is -0.124. The number of hydrogen-bond acceptors (Lipinski definition) is 4. The molecule has 0 saturated carbocycles. The van der Waals surface area contributed by atoms with Gasteiger partial charge < -0.3 is 10.4 Å². The van der Waals surface area contributed by atoms with Crippen molar-refractivity contribution in [1.29, 1.82) is 0 Å². The van der Waals surface area contributed by atoms with Crippen LogP contribution in [0, 0.1) is 0 Å². The predicted molar refractivity (Wildman–Crippen MR) is 93.2 cm³/mol. The lowest BCUT2D eigenvalue weighted by Gasteiger charge is -2.06. The van der Waals surface area contributed by atoms with E-state index in [1.54, 1.807) is 36.4 Å². The van der Waals surface area contributed by atoms with Crippen molar-refractivity contribution < 1.29 is 14.7 Å². The van der Waals surface area contributed by atoms with E-state index in [0.29, 0.717) is 16.3 Å². The molecule has 0 aliphatic heterocycles. The Hall–Kier alpha value is -2.86. The Kier molecular flexibility index (Phi) is 6.33. The maximum Gasteiger partial charge on any atom is 0.240 e. The van der Waals surface area contributed by atoms with E-state index in [1.165, 1.54) is 18.3 Å². The number of para-hydroxylation sites is 1. The van der Waals surface area contributed by atoms with Crippen molar-refractivity contribution in [2.45, 2.75) is 12.8 Å². The van der Waals surface area contributed by atoms with Crippen LogP contribution in [-0.2, 0) is 9.59 Å². The monoisotopic (exact) mass is 345 g/mol. The number of nitrogens with zero attached hydrogens (tertiary/aromatic N) is 1. The first-order valence-electron chi connectivity index (χ1n) is 7.20. The summed E-state index contributed by atoms with van der Waals surface area (Å²) in [5.41, 5.74) is 3.48. The molecule has 0 aromatic heterocycles. The van der Waals surface area contributed by atoms with Crippen molar-refractivity contribution in [1.82, 2.24) is 5.43 Å². The minimum absolute atomic E-state index is 0.00628. The third-order valence-corrected chi connectivity index (χ3v) is 3.33. The molecule has 0 fully saturated rings. The predicted octanol–water partition coefficient (Wildman–Crippen LogP) is 2.91. The minimum atomic E-state index is -0.388. The first kappa shape index (κ1) is 17.5. The third-order valence-electron chi connectivity index (χ3n) is 3.00. The zero-order valence-electron chi connectivity index (χ0n) is 12.7. The SMILES string of the molecule is O=C(CCC(=O)Nc1ccccc1Cl)N/N=C/c1cccc(O)c1. The first-order valence-corrected chi connectivity index (χ1v) is 7.58. The zero-order chi connectivity index (χ0) is 17.4. The number of aromatic hydroxyl groups is 1. The van der Waals surface area contributed by atoms with E-state index >= 15 is 0 Å². The lowest BCUT2D eigenvalue weighted by atomic mass is 10.2. The third kappa shape index (κ3) is 5.73. The normalized spacial score (nSPS) is 10.5. The van der Waals surface area contributed by atoms with Gasteiger partial charge in [0.25, 0.3) is 0 Å². The Morgan fingerprint density at radius 1 is 1.08 bits per heavy atom. The second-order valence-electron chi connectivity index (χ2n) is 4.92. The van der Waals surface area contributed by atoms with E-state index in [9.17, 15) is 14.7 Å². The van der Waals surface area contributed by atoms with Crippen LogP contribution in [0.15, 0.2) is 53.6 Å². The Balaban J connectivity index is 1.75. The summed E-state index contributed by atoms with van der Waals surface area (Å²) in [7, 11) is 0. The fraction of sp³-hybridized carbons (Fsp3) is 0.118. The van der Waals surface area contributed by atoms with Gasteiger partial charge in [-0.3, -0.25) is 9.59 Å². The summed E-state index contributed by atoms with van der Waals surface area (Å²) in [6.07, 6.45) is 1.41. The van der Waals surface area contributed by atoms with Crippen LogP contribution in [0.4, 0.5) is 5.69 Å². The quantitative estimate of drug-likeness (QED) is 0.555. The van der Waals surface area contributed by atoms with Gasteiger partial charge in [0.15, 0.2) is 0 Å². The molecule has 6 nitrogen and oxygen atoms in total. The Bertz CT molecular complexity index is 762. The van der Waals surface area contributed by atoms with Gasteiger partial charge in [0, 0.05) is 12.8 Å². The molecule has 0 heterocycles. The van der Waals surface area contributed by atoms with E-state index in [0.717, 1.165) is 0 Å². The zero-order valence-corrected chi connectivity index (χ0v) is 13.5. The van der Waals surface area contributed by atoms with Crippen LogP contribution in [0.1, 0.15) is 18.4 Å². The average molecular weight is 346 g/mol. The van der Waals surface area contributed by atoms with E-state index in [1.807, 2.05) is 0 Å². The maximum absolute atomic E-state index is 11.8. The number of carbonyl (C=O) groups is 2. The highest BCUT2D eigenvalue weighted by Crippen LogP contribution is 2.20. The Morgan fingerprint density at radius 2 is 1.83 bits per heavy atom. The second kappa shape index (κ2) is 8.69. The number of hydrogen-bond donors (Lipinski definition) is 3. The van der Waals surface area contributed by atoms with Gasteiger partial charge in [-0.2, -0.15) is 5.10 Å². The lowest BCUT2D eigenvalue weighted by Crippen LogP contribution is -2.20. The van der Waals surface area contributed by atoms with Crippen LogP contribution < -0.4 is 10.7 Å². The van der Waals surface area contributed by atoms with Crippen LogP contribution in [0.25, 0.3) is 0 Å². The summed E-state index contributed by atoms with van der Waals surface area (Å²) < 4.78 is 0. The molecular formula is C17H16ClN3O3. The van der Waals surface area contributed by atoms with Gasteiger partial charge in [-0.1, -0.05) is 35.9 Å². The molecule has 0 saturated heterocycles. The summed E-state index contributed by atoms with van der Waals surface area (Å²) in [6, 6.07) is 13.3. The Morgan fingerprint density at radius 3 is 2.58 bits per heavy atom. The van der Waals surface area contributed by atoms with E-state index in [2.05, 4.69) is 15.8 Å².